The fourth-order valence-corrected chi connectivity index (χ4v) is 1.29. The molecule has 1 atom stereocenters. The van der Waals surface area contributed by atoms with E-state index in [0.717, 1.165) is 19.5 Å². The van der Waals surface area contributed by atoms with Gasteiger partial charge in [0.2, 0.25) is 11.8 Å². The molecule has 0 spiro atoms. The van der Waals surface area contributed by atoms with E-state index >= 15 is 0 Å². The topological polar surface area (TPSA) is 70.2 Å². The van der Waals surface area contributed by atoms with Crippen molar-refractivity contribution in [2.45, 2.75) is 32.7 Å². The summed E-state index contributed by atoms with van der Waals surface area (Å²) in [4.78, 5) is 22.0. The lowest BCUT2D eigenvalue weighted by Gasteiger charge is -2.10. The SMILES string of the molecule is CC.CNC(=O)CC(=O)NC1CCNC1. The molecule has 0 aromatic heterocycles. The number of hydrogen-bond acceptors (Lipinski definition) is 3. The summed E-state index contributed by atoms with van der Waals surface area (Å²) >= 11 is 0. The summed E-state index contributed by atoms with van der Waals surface area (Å²) in [6.45, 7) is 5.74. The quantitative estimate of drug-likeness (QED) is 0.562. The maximum Gasteiger partial charge on any atom is 0.229 e. The minimum Gasteiger partial charge on any atom is -0.359 e. The molecule has 1 heterocycles. The molecule has 0 bridgehead atoms. The predicted octanol–water partition coefficient (Wildman–Crippen LogP) is -0.373. The maximum absolute atomic E-state index is 11.2. The molecule has 1 aliphatic rings. The lowest BCUT2D eigenvalue weighted by Crippen LogP contribution is -2.38. The van der Waals surface area contributed by atoms with Crippen LogP contribution in [-0.2, 0) is 9.59 Å². The Kier molecular flexibility index (Phi) is 7.62. The number of carbonyl (C=O) groups is 2. The van der Waals surface area contributed by atoms with Gasteiger partial charge >= 0.3 is 0 Å². The van der Waals surface area contributed by atoms with Crippen LogP contribution in [0.2, 0.25) is 0 Å². The van der Waals surface area contributed by atoms with E-state index in [1.165, 1.54) is 7.05 Å². The molecule has 0 aliphatic carbocycles. The second kappa shape index (κ2) is 8.23. The van der Waals surface area contributed by atoms with E-state index in [1.54, 1.807) is 0 Å². The second-order valence-corrected chi connectivity index (χ2v) is 3.11. The first-order valence-electron chi connectivity index (χ1n) is 5.43. The van der Waals surface area contributed by atoms with E-state index in [2.05, 4.69) is 16.0 Å². The summed E-state index contributed by atoms with van der Waals surface area (Å²) in [5, 5.41) is 8.32. The summed E-state index contributed by atoms with van der Waals surface area (Å²) in [6.07, 6.45) is 0.868. The number of hydrogen-bond donors (Lipinski definition) is 3. The molecule has 5 nitrogen and oxygen atoms in total. The Bertz CT molecular complexity index is 201. The molecule has 1 fully saturated rings. The maximum atomic E-state index is 11.2. The third kappa shape index (κ3) is 6.06. The van der Waals surface area contributed by atoms with Crippen molar-refractivity contribution < 1.29 is 9.59 Å². The number of rotatable bonds is 3. The molecule has 0 aromatic rings. The van der Waals surface area contributed by atoms with Crippen LogP contribution < -0.4 is 16.0 Å². The van der Waals surface area contributed by atoms with Gasteiger partial charge in [-0.15, -0.1) is 0 Å². The second-order valence-electron chi connectivity index (χ2n) is 3.11. The number of amides is 2. The molecule has 2 amide bonds. The first kappa shape index (κ1) is 13.9. The third-order valence-corrected chi connectivity index (χ3v) is 2.03. The molecule has 1 unspecified atom stereocenters. The standard InChI is InChI=1S/C8H15N3O2.C2H6/c1-9-7(12)4-8(13)11-6-2-3-10-5-6;1-2/h6,10H,2-5H2,1H3,(H,9,12)(H,11,13);1-2H3. The smallest absolute Gasteiger partial charge is 0.229 e. The highest BCUT2D eigenvalue weighted by Crippen LogP contribution is 1.97. The van der Waals surface area contributed by atoms with Crippen molar-refractivity contribution in [3.8, 4) is 0 Å². The summed E-state index contributed by atoms with van der Waals surface area (Å²) in [7, 11) is 1.52. The molecule has 5 heteroatoms. The van der Waals surface area contributed by atoms with Crippen LogP contribution >= 0.6 is 0 Å². The van der Waals surface area contributed by atoms with E-state index in [-0.39, 0.29) is 24.3 Å². The van der Waals surface area contributed by atoms with Crippen LogP contribution in [0.25, 0.3) is 0 Å². The summed E-state index contributed by atoms with van der Waals surface area (Å²) in [5.41, 5.74) is 0. The molecule has 15 heavy (non-hydrogen) atoms. The van der Waals surface area contributed by atoms with Crippen LogP contribution in [0.5, 0.6) is 0 Å². The lowest BCUT2D eigenvalue weighted by atomic mass is 10.2. The van der Waals surface area contributed by atoms with Crippen molar-refractivity contribution in [2.75, 3.05) is 20.1 Å². The largest absolute Gasteiger partial charge is 0.359 e. The number of carbonyl (C=O) groups excluding carboxylic acids is 2. The molecule has 1 aliphatic heterocycles. The zero-order chi connectivity index (χ0) is 11.7. The highest BCUT2D eigenvalue weighted by molar-refractivity contribution is 5.96. The Morgan fingerprint density at radius 1 is 1.33 bits per heavy atom. The van der Waals surface area contributed by atoms with Gasteiger partial charge in [0.1, 0.15) is 6.42 Å². The van der Waals surface area contributed by atoms with Gasteiger partial charge in [-0.05, 0) is 13.0 Å². The van der Waals surface area contributed by atoms with Gasteiger partial charge in [-0.1, -0.05) is 13.8 Å². The molecule has 88 valence electrons. The van der Waals surface area contributed by atoms with E-state index in [1.807, 2.05) is 13.8 Å². The lowest BCUT2D eigenvalue weighted by molar-refractivity contribution is -0.129. The predicted molar refractivity (Wildman–Crippen MR) is 59.4 cm³/mol. The van der Waals surface area contributed by atoms with Gasteiger partial charge in [0, 0.05) is 19.6 Å². The number of nitrogens with one attached hydrogen (secondary N) is 3. The summed E-state index contributed by atoms with van der Waals surface area (Å²) in [5.74, 6) is -0.448. The zero-order valence-electron chi connectivity index (χ0n) is 9.72. The Labute approximate surface area is 91.0 Å². The van der Waals surface area contributed by atoms with Crippen molar-refractivity contribution in [2.24, 2.45) is 0 Å². The van der Waals surface area contributed by atoms with Crippen molar-refractivity contribution in [1.29, 1.82) is 0 Å². The minimum atomic E-state index is -0.247. The fourth-order valence-electron chi connectivity index (χ4n) is 1.29. The van der Waals surface area contributed by atoms with E-state index in [9.17, 15) is 9.59 Å². The Hall–Kier alpha value is -1.10. The Morgan fingerprint density at radius 3 is 2.47 bits per heavy atom. The first-order valence-corrected chi connectivity index (χ1v) is 5.43. The highest BCUT2D eigenvalue weighted by atomic mass is 16.2. The van der Waals surface area contributed by atoms with E-state index in [4.69, 9.17) is 0 Å². The molecule has 0 saturated carbocycles. The van der Waals surface area contributed by atoms with Crippen LogP contribution in [0.3, 0.4) is 0 Å². The summed E-state index contributed by atoms with van der Waals surface area (Å²) in [6, 6.07) is 0.192. The minimum absolute atomic E-state index is 0.0764. The van der Waals surface area contributed by atoms with Crippen molar-refractivity contribution in [3.63, 3.8) is 0 Å². The van der Waals surface area contributed by atoms with Gasteiger partial charge in [0.25, 0.3) is 0 Å². The van der Waals surface area contributed by atoms with E-state index in [0.29, 0.717) is 0 Å². The molecular weight excluding hydrogens is 194 g/mol. The van der Waals surface area contributed by atoms with Gasteiger partial charge in [0.15, 0.2) is 0 Å². The van der Waals surface area contributed by atoms with Crippen LogP contribution in [-0.4, -0.2) is 38.0 Å². The van der Waals surface area contributed by atoms with Crippen molar-refractivity contribution >= 4 is 11.8 Å². The zero-order valence-corrected chi connectivity index (χ0v) is 9.72. The third-order valence-electron chi connectivity index (χ3n) is 2.03. The van der Waals surface area contributed by atoms with Crippen molar-refractivity contribution in [1.82, 2.24) is 16.0 Å². The first-order chi connectivity index (χ1) is 7.22. The highest BCUT2D eigenvalue weighted by Gasteiger charge is 2.17. The van der Waals surface area contributed by atoms with Gasteiger partial charge in [-0.25, -0.2) is 0 Å². The average molecular weight is 215 g/mol. The van der Waals surface area contributed by atoms with Crippen LogP contribution in [0.1, 0.15) is 26.7 Å². The van der Waals surface area contributed by atoms with Gasteiger partial charge in [0.05, 0.1) is 0 Å². The molecular formula is C10H21N3O2. The monoisotopic (exact) mass is 215 g/mol. The molecule has 3 N–H and O–H groups in total. The fraction of sp³-hybridized carbons (Fsp3) is 0.800. The van der Waals surface area contributed by atoms with Crippen LogP contribution in [0.4, 0.5) is 0 Å². The molecule has 1 rings (SSSR count). The van der Waals surface area contributed by atoms with Crippen molar-refractivity contribution in [3.05, 3.63) is 0 Å². The van der Waals surface area contributed by atoms with Gasteiger partial charge in [-0.2, -0.15) is 0 Å². The normalized spacial score (nSPS) is 18.7. The van der Waals surface area contributed by atoms with Gasteiger partial charge in [-0.3, -0.25) is 9.59 Å². The molecule has 0 radical (unpaired) electrons. The Morgan fingerprint density at radius 2 is 2.00 bits per heavy atom. The molecule has 1 saturated heterocycles. The summed E-state index contributed by atoms with van der Waals surface area (Å²) < 4.78 is 0. The average Bonchev–Trinajstić information content (AvgIpc) is 2.73. The van der Waals surface area contributed by atoms with Crippen LogP contribution in [0.15, 0.2) is 0 Å². The van der Waals surface area contributed by atoms with Crippen LogP contribution in [0, 0.1) is 0 Å². The van der Waals surface area contributed by atoms with E-state index < -0.39 is 0 Å². The Balaban J connectivity index is 0.000000921. The molecule has 0 aromatic carbocycles. The van der Waals surface area contributed by atoms with Gasteiger partial charge < -0.3 is 16.0 Å².